The number of hydrogen-bond donors (Lipinski definition) is 0. The average molecular weight is 218 g/mol. The molecule has 2 rings (SSSR count). The third-order valence-corrected chi connectivity index (χ3v) is 2.23. The lowest BCUT2D eigenvalue weighted by Gasteiger charge is -2.07. The van der Waals surface area contributed by atoms with E-state index in [0.717, 1.165) is 6.54 Å². The van der Waals surface area contributed by atoms with Crippen molar-refractivity contribution in [3.8, 4) is 17.2 Å². The van der Waals surface area contributed by atoms with E-state index in [1.165, 1.54) is 0 Å². The summed E-state index contributed by atoms with van der Waals surface area (Å²) in [7, 11) is 1.62. The normalized spacial score (nSPS) is 10.1. The maximum Gasteiger partial charge on any atom is 0.169 e. The van der Waals surface area contributed by atoms with Gasteiger partial charge < -0.3 is 9.47 Å². The van der Waals surface area contributed by atoms with Crippen LogP contribution >= 0.6 is 0 Å². The molecule has 0 aliphatic heterocycles. The number of methoxy groups -OCH3 is 1. The van der Waals surface area contributed by atoms with Crippen LogP contribution in [0.5, 0.6) is 17.2 Å². The van der Waals surface area contributed by atoms with Crippen LogP contribution in [0.1, 0.15) is 6.92 Å². The van der Waals surface area contributed by atoms with Crippen molar-refractivity contribution in [2.45, 2.75) is 13.5 Å². The Kier molecular flexibility index (Phi) is 3.10. The van der Waals surface area contributed by atoms with Gasteiger partial charge in [-0.2, -0.15) is 5.10 Å². The topological polar surface area (TPSA) is 36.3 Å². The molecule has 1 aromatic carbocycles. The molecule has 16 heavy (non-hydrogen) atoms. The van der Waals surface area contributed by atoms with Crippen LogP contribution in [0.3, 0.4) is 0 Å². The van der Waals surface area contributed by atoms with Crippen LogP contribution in [-0.4, -0.2) is 16.9 Å². The van der Waals surface area contributed by atoms with Crippen molar-refractivity contribution in [2.75, 3.05) is 7.11 Å². The standard InChI is InChI=1S/C12H14N2O2/c1-3-14-9-10(8-13-14)16-12-7-5-4-6-11(12)15-2/h4-9H,3H2,1-2H3. The minimum absolute atomic E-state index is 0.695. The van der Waals surface area contributed by atoms with Gasteiger partial charge in [0.05, 0.1) is 19.5 Å². The van der Waals surface area contributed by atoms with Crippen LogP contribution in [-0.2, 0) is 6.54 Å². The first-order valence-corrected chi connectivity index (χ1v) is 5.17. The number of hydrogen-bond acceptors (Lipinski definition) is 3. The SMILES string of the molecule is CCn1cc(Oc2ccccc2OC)cn1. The minimum Gasteiger partial charge on any atom is -0.493 e. The zero-order valence-corrected chi connectivity index (χ0v) is 9.38. The molecule has 0 unspecified atom stereocenters. The first-order chi connectivity index (χ1) is 7.83. The fraction of sp³-hybridized carbons (Fsp3) is 0.250. The summed E-state index contributed by atoms with van der Waals surface area (Å²) in [5.74, 6) is 2.12. The Morgan fingerprint density at radius 2 is 2.00 bits per heavy atom. The van der Waals surface area contributed by atoms with Gasteiger partial charge in [-0.25, -0.2) is 0 Å². The van der Waals surface area contributed by atoms with Crippen LogP contribution in [0.25, 0.3) is 0 Å². The molecular formula is C12H14N2O2. The van der Waals surface area contributed by atoms with Crippen molar-refractivity contribution in [2.24, 2.45) is 0 Å². The molecule has 0 amide bonds. The number of nitrogens with zero attached hydrogens (tertiary/aromatic N) is 2. The quantitative estimate of drug-likeness (QED) is 0.791. The second-order valence-corrected chi connectivity index (χ2v) is 3.28. The summed E-state index contributed by atoms with van der Waals surface area (Å²) in [6.45, 7) is 2.86. The Morgan fingerprint density at radius 3 is 2.62 bits per heavy atom. The molecule has 0 N–H and O–H groups in total. The van der Waals surface area contributed by atoms with Gasteiger partial charge in [0.25, 0.3) is 0 Å². The van der Waals surface area contributed by atoms with Crippen LogP contribution in [0, 0.1) is 0 Å². The van der Waals surface area contributed by atoms with Gasteiger partial charge in [-0.3, -0.25) is 4.68 Å². The predicted octanol–water partition coefficient (Wildman–Crippen LogP) is 2.70. The summed E-state index contributed by atoms with van der Waals surface area (Å²) in [6.07, 6.45) is 3.54. The molecule has 2 aromatic rings. The highest BCUT2D eigenvalue weighted by Gasteiger charge is 2.05. The van der Waals surface area contributed by atoms with E-state index in [2.05, 4.69) is 5.10 Å². The van der Waals surface area contributed by atoms with Gasteiger partial charge in [-0.1, -0.05) is 12.1 Å². The minimum atomic E-state index is 0.695. The molecule has 1 heterocycles. The fourth-order valence-corrected chi connectivity index (χ4v) is 1.40. The van der Waals surface area contributed by atoms with E-state index in [9.17, 15) is 0 Å². The molecule has 0 atom stereocenters. The molecule has 0 saturated heterocycles. The molecule has 1 aromatic heterocycles. The highest BCUT2D eigenvalue weighted by atomic mass is 16.5. The van der Waals surface area contributed by atoms with Crippen molar-refractivity contribution in [3.63, 3.8) is 0 Å². The summed E-state index contributed by atoms with van der Waals surface area (Å²) < 4.78 is 12.7. The number of ether oxygens (including phenoxy) is 2. The summed E-state index contributed by atoms with van der Waals surface area (Å²) in [5, 5.41) is 4.14. The van der Waals surface area contributed by atoms with Gasteiger partial charge in [-0.15, -0.1) is 0 Å². The highest BCUT2D eigenvalue weighted by molar-refractivity contribution is 5.41. The van der Waals surface area contributed by atoms with Gasteiger partial charge in [0, 0.05) is 6.54 Å². The maximum atomic E-state index is 5.67. The summed E-state index contributed by atoms with van der Waals surface area (Å²) >= 11 is 0. The number of aromatic nitrogens is 2. The van der Waals surface area contributed by atoms with Gasteiger partial charge >= 0.3 is 0 Å². The van der Waals surface area contributed by atoms with Crippen molar-refractivity contribution < 1.29 is 9.47 Å². The molecule has 4 heteroatoms. The van der Waals surface area contributed by atoms with Gasteiger partial charge in [0.15, 0.2) is 17.2 Å². The monoisotopic (exact) mass is 218 g/mol. The Hall–Kier alpha value is -1.97. The van der Waals surface area contributed by atoms with Gasteiger partial charge in [0.1, 0.15) is 0 Å². The van der Waals surface area contributed by atoms with Crippen LogP contribution in [0.4, 0.5) is 0 Å². The zero-order chi connectivity index (χ0) is 11.4. The first kappa shape index (κ1) is 10.5. The second-order valence-electron chi connectivity index (χ2n) is 3.28. The molecule has 0 saturated carbocycles. The van der Waals surface area contributed by atoms with Crippen LogP contribution in [0.2, 0.25) is 0 Å². The van der Waals surface area contributed by atoms with E-state index in [-0.39, 0.29) is 0 Å². The summed E-state index contributed by atoms with van der Waals surface area (Å²) in [5.41, 5.74) is 0. The lowest BCUT2D eigenvalue weighted by atomic mass is 10.3. The average Bonchev–Trinajstić information content (AvgIpc) is 2.77. The molecule has 0 aliphatic carbocycles. The van der Waals surface area contributed by atoms with E-state index >= 15 is 0 Å². The Bertz CT molecular complexity index is 466. The number of rotatable bonds is 4. The molecular weight excluding hydrogens is 204 g/mol. The molecule has 0 spiro atoms. The Labute approximate surface area is 94.4 Å². The highest BCUT2D eigenvalue weighted by Crippen LogP contribution is 2.30. The third-order valence-electron chi connectivity index (χ3n) is 2.23. The summed E-state index contributed by atoms with van der Waals surface area (Å²) in [4.78, 5) is 0. The second kappa shape index (κ2) is 4.70. The number of para-hydroxylation sites is 2. The number of benzene rings is 1. The largest absolute Gasteiger partial charge is 0.493 e. The van der Waals surface area contributed by atoms with E-state index in [1.807, 2.05) is 42.1 Å². The zero-order valence-electron chi connectivity index (χ0n) is 9.38. The Balaban J connectivity index is 2.19. The number of aryl methyl sites for hydroxylation is 1. The van der Waals surface area contributed by atoms with Crippen molar-refractivity contribution in [1.82, 2.24) is 9.78 Å². The van der Waals surface area contributed by atoms with Gasteiger partial charge in [0.2, 0.25) is 0 Å². The smallest absolute Gasteiger partial charge is 0.169 e. The maximum absolute atomic E-state index is 5.67. The predicted molar refractivity (Wildman–Crippen MR) is 61.0 cm³/mol. The molecule has 0 bridgehead atoms. The van der Waals surface area contributed by atoms with E-state index < -0.39 is 0 Å². The molecule has 0 fully saturated rings. The molecule has 84 valence electrons. The van der Waals surface area contributed by atoms with E-state index in [0.29, 0.717) is 17.2 Å². The fourth-order valence-electron chi connectivity index (χ4n) is 1.40. The van der Waals surface area contributed by atoms with Crippen molar-refractivity contribution in [3.05, 3.63) is 36.7 Å². The van der Waals surface area contributed by atoms with Gasteiger partial charge in [-0.05, 0) is 19.1 Å². The molecule has 0 radical (unpaired) electrons. The van der Waals surface area contributed by atoms with E-state index in [4.69, 9.17) is 9.47 Å². The molecule has 4 nitrogen and oxygen atoms in total. The lowest BCUT2D eigenvalue weighted by molar-refractivity contribution is 0.378. The van der Waals surface area contributed by atoms with Crippen molar-refractivity contribution >= 4 is 0 Å². The van der Waals surface area contributed by atoms with Crippen molar-refractivity contribution in [1.29, 1.82) is 0 Å². The van der Waals surface area contributed by atoms with Crippen LogP contribution < -0.4 is 9.47 Å². The Morgan fingerprint density at radius 1 is 1.25 bits per heavy atom. The van der Waals surface area contributed by atoms with Crippen LogP contribution in [0.15, 0.2) is 36.7 Å². The van der Waals surface area contributed by atoms with E-state index in [1.54, 1.807) is 13.3 Å². The lowest BCUT2D eigenvalue weighted by Crippen LogP contribution is -1.92. The summed E-state index contributed by atoms with van der Waals surface area (Å²) in [6, 6.07) is 7.53. The first-order valence-electron chi connectivity index (χ1n) is 5.17. The third kappa shape index (κ3) is 2.16. The molecule has 0 aliphatic rings.